The van der Waals surface area contributed by atoms with Crippen LogP contribution in [-0.2, 0) is 28.7 Å². The Hall–Kier alpha value is -2.38. The molecule has 0 aromatic heterocycles. The molecule has 0 spiro atoms. The average molecular weight is 399 g/mol. The monoisotopic (exact) mass is 398 g/mol. The number of carbonyl (C=O) groups excluding carboxylic acids is 4. The molecular formula is C20H34N2O6. The van der Waals surface area contributed by atoms with Gasteiger partial charge in [-0.3, -0.25) is 9.59 Å². The summed E-state index contributed by atoms with van der Waals surface area (Å²) in [4.78, 5) is 48.3. The van der Waals surface area contributed by atoms with Gasteiger partial charge in [0.2, 0.25) is 0 Å². The van der Waals surface area contributed by atoms with Crippen LogP contribution in [0, 0.1) is 0 Å². The fourth-order valence-corrected chi connectivity index (χ4v) is 1.78. The number of rotatable bonds is 6. The predicted octanol–water partition coefficient (Wildman–Crippen LogP) is 2.02. The predicted molar refractivity (Wildman–Crippen MR) is 105 cm³/mol. The molecule has 8 nitrogen and oxygen atoms in total. The molecule has 0 fully saturated rings. The summed E-state index contributed by atoms with van der Waals surface area (Å²) in [6, 6.07) is 0. The molecule has 0 aliphatic rings. The molecule has 8 heteroatoms. The van der Waals surface area contributed by atoms with Crippen molar-refractivity contribution in [1.29, 1.82) is 0 Å². The lowest BCUT2D eigenvalue weighted by Gasteiger charge is -2.29. The molecule has 0 unspecified atom stereocenters. The summed E-state index contributed by atoms with van der Waals surface area (Å²) in [5.74, 6) is -2.71. The Morgan fingerprint density at radius 3 is 1.04 bits per heavy atom. The van der Waals surface area contributed by atoms with Crippen LogP contribution in [-0.4, -0.2) is 46.0 Å². The summed E-state index contributed by atoms with van der Waals surface area (Å²) in [6.07, 6.45) is 1.71. The van der Waals surface area contributed by atoms with Gasteiger partial charge in [0.15, 0.2) is 11.2 Å². The first-order valence-electron chi connectivity index (χ1n) is 9.04. The summed E-state index contributed by atoms with van der Waals surface area (Å²) < 4.78 is 10.2. The second-order valence-electron chi connectivity index (χ2n) is 9.60. The third-order valence-electron chi connectivity index (χ3n) is 3.14. The van der Waals surface area contributed by atoms with Gasteiger partial charge in [-0.05, 0) is 69.2 Å². The van der Waals surface area contributed by atoms with Gasteiger partial charge in [0.1, 0.15) is 0 Å². The van der Waals surface area contributed by atoms with E-state index in [2.05, 4.69) is 10.6 Å². The maximum atomic E-state index is 12.2. The van der Waals surface area contributed by atoms with Crippen LogP contribution in [0.4, 0.5) is 0 Å². The van der Waals surface area contributed by atoms with Crippen molar-refractivity contribution in [3.8, 4) is 0 Å². The van der Waals surface area contributed by atoms with Crippen LogP contribution in [0.15, 0.2) is 12.2 Å². The topological polar surface area (TPSA) is 111 Å². The van der Waals surface area contributed by atoms with E-state index in [1.165, 1.54) is 27.7 Å². The maximum absolute atomic E-state index is 12.2. The zero-order valence-electron chi connectivity index (χ0n) is 18.6. The molecular weight excluding hydrogens is 364 g/mol. The minimum atomic E-state index is -1.43. The SMILES string of the molecule is CC(C)(C)NC(=O)C(C)(C)OC(=O)/C=C\C(=O)OC(C)(C)C(=O)NC(C)(C)C. The Kier molecular flexibility index (Phi) is 8.01. The molecule has 0 aromatic rings. The lowest BCUT2D eigenvalue weighted by atomic mass is 10.0. The van der Waals surface area contributed by atoms with E-state index in [1.54, 1.807) is 41.5 Å². The van der Waals surface area contributed by atoms with Gasteiger partial charge in [-0.25, -0.2) is 9.59 Å². The number of amides is 2. The number of hydrogen-bond donors (Lipinski definition) is 2. The second kappa shape index (κ2) is 8.75. The van der Waals surface area contributed by atoms with Crippen LogP contribution in [0.3, 0.4) is 0 Å². The molecule has 0 bridgehead atoms. The third-order valence-corrected chi connectivity index (χ3v) is 3.14. The van der Waals surface area contributed by atoms with Crippen molar-refractivity contribution in [2.45, 2.75) is 91.5 Å². The Bertz CT molecular complexity index is 593. The largest absolute Gasteiger partial charge is 0.446 e. The highest BCUT2D eigenvalue weighted by Crippen LogP contribution is 2.14. The molecule has 28 heavy (non-hydrogen) atoms. The molecule has 0 aromatic carbocycles. The average Bonchev–Trinajstić information content (AvgIpc) is 2.40. The summed E-state index contributed by atoms with van der Waals surface area (Å²) in [7, 11) is 0. The van der Waals surface area contributed by atoms with Crippen LogP contribution in [0.5, 0.6) is 0 Å². The Morgan fingerprint density at radius 1 is 0.571 bits per heavy atom. The molecule has 2 amide bonds. The zero-order valence-corrected chi connectivity index (χ0v) is 18.6. The number of nitrogens with one attached hydrogen (secondary N) is 2. The molecule has 0 aliphatic heterocycles. The highest BCUT2D eigenvalue weighted by Gasteiger charge is 2.35. The molecule has 0 atom stereocenters. The quantitative estimate of drug-likeness (QED) is 0.523. The summed E-state index contributed by atoms with van der Waals surface area (Å²) >= 11 is 0. The van der Waals surface area contributed by atoms with Crippen molar-refractivity contribution in [1.82, 2.24) is 10.6 Å². The number of ether oxygens (including phenoxy) is 2. The van der Waals surface area contributed by atoms with E-state index in [-0.39, 0.29) is 0 Å². The number of esters is 2. The van der Waals surface area contributed by atoms with Crippen molar-refractivity contribution >= 4 is 23.8 Å². The Morgan fingerprint density at radius 2 is 0.821 bits per heavy atom. The molecule has 0 saturated carbocycles. The van der Waals surface area contributed by atoms with E-state index in [9.17, 15) is 19.2 Å². The first-order chi connectivity index (χ1) is 12.3. The highest BCUT2D eigenvalue weighted by molar-refractivity contribution is 5.95. The Balaban J connectivity index is 4.87. The molecule has 0 rings (SSSR count). The fourth-order valence-electron chi connectivity index (χ4n) is 1.78. The van der Waals surface area contributed by atoms with E-state index < -0.39 is 46.0 Å². The number of carbonyl (C=O) groups is 4. The summed E-state index contributed by atoms with van der Waals surface area (Å²) in [5, 5.41) is 5.43. The van der Waals surface area contributed by atoms with Gasteiger partial charge in [-0.15, -0.1) is 0 Å². The van der Waals surface area contributed by atoms with Gasteiger partial charge in [0.05, 0.1) is 0 Å². The highest BCUT2D eigenvalue weighted by atomic mass is 16.6. The van der Waals surface area contributed by atoms with Crippen LogP contribution in [0.2, 0.25) is 0 Å². The minimum absolute atomic E-state index is 0.468. The van der Waals surface area contributed by atoms with E-state index in [1.807, 2.05) is 0 Å². The minimum Gasteiger partial charge on any atom is -0.446 e. The van der Waals surface area contributed by atoms with E-state index >= 15 is 0 Å². The normalized spacial score (nSPS) is 13.1. The van der Waals surface area contributed by atoms with E-state index in [4.69, 9.17) is 9.47 Å². The lowest BCUT2D eigenvalue weighted by molar-refractivity contribution is -0.162. The van der Waals surface area contributed by atoms with Crippen LogP contribution < -0.4 is 10.6 Å². The van der Waals surface area contributed by atoms with E-state index in [0.29, 0.717) is 0 Å². The van der Waals surface area contributed by atoms with Crippen molar-refractivity contribution < 1.29 is 28.7 Å². The smallest absolute Gasteiger partial charge is 0.332 e. The third kappa shape index (κ3) is 10.1. The van der Waals surface area contributed by atoms with Crippen molar-refractivity contribution in [3.05, 3.63) is 12.2 Å². The molecule has 0 aliphatic carbocycles. The summed E-state index contributed by atoms with van der Waals surface area (Å²) in [5.41, 5.74) is -3.83. The lowest BCUT2D eigenvalue weighted by Crippen LogP contribution is -2.52. The van der Waals surface area contributed by atoms with Crippen LogP contribution in [0.25, 0.3) is 0 Å². The van der Waals surface area contributed by atoms with Crippen molar-refractivity contribution in [2.24, 2.45) is 0 Å². The van der Waals surface area contributed by atoms with Gasteiger partial charge >= 0.3 is 11.9 Å². The van der Waals surface area contributed by atoms with Gasteiger partial charge in [0, 0.05) is 23.2 Å². The molecule has 0 radical (unpaired) electrons. The first-order valence-corrected chi connectivity index (χ1v) is 9.04. The maximum Gasteiger partial charge on any atom is 0.332 e. The van der Waals surface area contributed by atoms with Gasteiger partial charge in [0.25, 0.3) is 11.8 Å². The van der Waals surface area contributed by atoms with Crippen LogP contribution >= 0.6 is 0 Å². The van der Waals surface area contributed by atoms with E-state index in [0.717, 1.165) is 12.2 Å². The number of hydrogen-bond acceptors (Lipinski definition) is 6. The Labute approximate surface area is 167 Å². The standard InChI is InChI=1S/C20H34N2O6/c1-17(2,3)21-15(25)19(7,8)27-13(23)11-12-14(24)28-20(9,10)16(26)22-18(4,5)6/h11-12H,1-10H3,(H,21,25)(H,22,26)/b12-11-. The van der Waals surface area contributed by atoms with Gasteiger partial charge in [-0.2, -0.15) is 0 Å². The second-order valence-corrected chi connectivity index (χ2v) is 9.60. The fraction of sp³-hybridized carbons (Fsp3) is 0.700. The van der Waals surface area contributed by atoms with Gasteiger partial charge in [-0.1, -0.05) is 0 Å². The summed E-state index contributed by atoms with van der Waals surface area (Å²) in [6.45, 7) is 16.6. The zero-order chi connectivity index (χ0) is 22.6. The molecule has 0 saturated heterocycles. The van der Waals surface area contributed by atoms with Crippen molar-refractivity contribution in [2.75, 3.05) is 0 Å². The molecule has 160 valence electrons. The molecule has 0 heterocycles. The molecule has 2 N–H and O–H groups in total. The van der Waals surface area contributed by atoms with Crippen LogP contribution in [0.1, 0.15) is 69.2 Å². The first kappa shape index (κ1) is 25.6. The van der Waals surface area contributed by atoms with Crippen molar-refractivity contribution in [3.63, 3.8) is 0 Å². The van der Waals surface area contributed by atoms with Gasteiger partial charge < -0.3 is 20.1 Å².